The molecule has 1 aliphatic heterocycles. The Balaban J connectivity index is 1.84. The van der Waals surface area contributed by atoms with Crippen molar-refractivity contribution in [3.05, 3.63) is 47.5 Å². The van der Waals surface area contributed by atoms with Crippen molar-refractivity contribution < 1.29 is 28.5 Å². The minimum absolute atomic E-state index is 0.204. The summed E-state index contributed by atoms with van der Waals surface area (Å²) in [7, 11) is 4.59. The van der Waals surface area contributed by atoms with Crippen LogP contribution in [0.1, 0.15) is 22.8 Å². The first-order chi connectivity index (χ1) is 13.5. The predicted molar refractivity (Wildman–Crippen MR) is 105 cm³/mol. The van der Waals surface area contributed by atoms with Crippen molar-refractivity contribution >= 4 is 23.5 Å². The van der Waals surface area contributed by atoms with E-state index < -0.39 is 6.10 Å². The highest BCUT2D eigenvalue weighted by molar-refractivity contribution is 6.08. The van der Waals surface area contributed by atoms with Crippen LogP contribution in [-0.2, 0) is 4.79 Å². The monoisotopic (exact) mass is 383 g/mol. The highest BCUT2D eigenvalue weighted by Gasteiger charge is 2.24. The summed E-state index contributed by atoms with van der Waals surface area (Å²) in [6.07, 6.45) is 2.51. The van der Waals surface area contributed by atoms with Gasteiger partial charge >= 0.3 is 0 Å². The zero-order valence-corrected chi connectivity index (χ0v) is 16.1. The van der Waals surface area contributed by atoms with Crippen LogP contribution in [0, 0.1) is 0 Å². The number of methoxy groups -OCH3 is 3. The summed E-state index contributed by atoms with van der Waals surface area (Å²) in [4.78, 5) is 24.2. The maximum atomic E-state index is 12.6. The standard InChI is InChI=1S/C21H21NO6/c1-12-21(24)22-15-7-6-14(11-17(15)28-12)16(23)8-5-13-9-18(25-2)20(27-4)19(10-13)26-3/h5-12H,1-4H3,(H,22,24). The molecule has 1 unspecified atom stereocenters. The fourth-order valence-corrected chi connectivity index (χ4v) is 2.82. The summed E-state index contributed by atoms with van der Waals surface area (Å²) >= 11 is 0. The van der Waals surface area contributed by atoms with Crippen LogP contribution >= 0.6 is 0 Å². The summed E-state index contributed by atoms with van der Waals surface area (Å²) in [6, 6.07) is 8.41. The van der Waals surface area contributed by atoms with Crippen molar-refractivity contribution in [1.82, 2.24) is 0 Å². The van der Waals surface area contributed by atoms with Crippen LogP contribution in [0.5, 0.6) is 23.0 Å². The molecule has 0 bridgehead atoms. The van der Waals surface area contributed by atoms with Crippen molar-refractivity contribution in [2.75, 3.05) is 26.6 Å². The Hall–Kier alpha value is -3.48. The zero-order chi connectivity index (χ0) is 20.3. The van der Waals surface area contributed by atoms with Crippen molar-refractivity contribution in [3.63, 3.8) is 0 Å². The molecule has 146 valence electrons. The third-order valence-electron chi connectivity index (χ3n) is 4.31. The van der Waals surface area contributed by atoms with Gasteiger partial charge in [0.15, 0.2) is 23.4 Å². The molecule has 28 heavy (non-hydrogen) atoms. The smallest absolute Gasteiger partial charge is 0.265 e. The average molecular weight is 383 g/mol. The molecule has 0 aromatic heterocycles. The summed E-state index contributed by atoms with van der Waals surface area (Å²) in [5.41, 5.74) is 1.72. The molecule has 2 aromatic rings. The summed E-state index contributed by atoms with van der Waals surface area (Å²) in [6.45, 7) is 1.65. The molecule has 2 aromatic carbocycles. The van der Waals surface area contributed by atoms with Gasteiger partial charge in [0.1, 0.15) is 5.75 Å². The first kappa shape index (κ1) is 19.3. The van der Waals surface area contributed by atoms with Gasteiger partial charge in [-0.2, -0.15) is 0 Å². The normalized spacial score (nSPS) is 15.4. The van der Waals surface area contributed by atoms with E-state index in [1.807, 2.05) is 0 Å². The molecule has 3 rings (SSSR count). The Kier molecular flexibility index (Phi) is 5.54. The Morgan fingerprint density at radius 1 is 1.07 bits per heavy atom. The third-order valence-corrected chi connectivity index (χ3v) is 4.31. The van der Waals surface area contributed by atoms with Gasteiger partial charge in [-0.15, -0.1) is 0 Å². The first-order valence-electron chi connectivity index (χ1n) is 8.60. The van der Waals surface area contributed by atoms with E-state index in [9.17, 15) is 9.59 Å². The first-order valence-corrected chi connectivity index (χ1v) is 8.60. The number of rotatable bonds is 6. The van der Waals surface area contributed by atoms with Crippen LogP contribution in [0.3, 0.4) is 0 Å². The quantitative estimate of drug-likeness (QED) is 0.609. The Bertz CT molecular complexity index is 925. The number of ketones is 1. The number of allylic oxidation sites excluding steroid dienone is 1. The fourth-order valence-electron chi connectivity index (χ4n) is 2.82. The lowest BCUT2D eigenvalue weighted by atomic mass is 10.1. The van der Waals surface area contributed by atoms with E-state index in [0.29, 0.717) is 34.2 Å². The fraction of sp³-hybridized carbons (Fsp3) is 0.238. The topological polar surface area (TPSA) is 83.1 Å². The maximum Gasteiger partial charge on any atom is 0.265 e. The molecule has 1 amide bonds. The molecule has 0 saturated heterocycles. The van der Waals surface area contributed by atoms with Gasteiger partial charge in [-0.1, -0.05) is 6.08 Å². The van der Waals surface area contributed by atoms with Crippen LogP contribution in [0.2, 0.25) is 0 Å². The second kappa shape index (κ2) is 8.04. The highest BCUT2D eigenvalue weighted by atomic mass is 16.5. The van der Waals surface area contributed by atoms with Gasteiger partial charge < -0.3 is 24.3 Å². The lowest BCUT2D eigenvalue weighted by Crippen LogP contribution is -2.34. The SMILES string of the molecule is COc1cc(C=CC(=O)c2ccc3c(c2)OC(C)C(=O)N3)cc(OC)c1OC. The Labute approximate surface area is 162 Å². The highest BCUT2D eigenvalue weighted by Crippen LogP contribution is 2.38. The molecule has 7 heteroatoms. The number of hydrogen-bond acceptors (Lipinski definition) is 6. The predicted octanol–water partition coefficient (Wildman–Crippen LogP) is 3.33. The van der Waals surface area contributed by atoms with E-state index >= 15 is 0 Å². The van der Waals surface area contributed by atoms with Gasteiger partial charge in [-0.05, 0) is 48.9 Å². The number of carbonyl (C=O) groups is 2. The van der Waals surface area contributed by atoms with Crippen LogP contribution in [0.15, 0.2) is 36.4 Å². The molecule has 1 atom stereocenters. The van der Waals surface area contributed by atoms with Crippen molar-refractivity contribution in [2.45, 2.75) is 13.0 Å². The lowest BCUT2D eigenvalue weighted by Gasteiger charge is -2.23. The molecule has 0 saturated carbocycles. The van der Waals surface area contributed by atoms with E-state index in [1.54, 1.807) is 43.3 Å². The number of ether oxygens (including phenoxy) is 4. The molecule has 0 spiro atoms. The Morgan fingerprint density at radius 2 is 1.75 bits per heavy atom. The second-order valence-corrected chi connectivity index (χ2v) is 6.12. The third kappa shape index (κ3) is 3.78. The number of hydrogen-bond donors (Lipinski definition) is 1. The van der Waals surface area contributed by atoms with Crippen LogP contribution in [0.4, 0.5) is 5.69 Å². The number of anilines is 1. The number of nitrogens with one attached hydrogen (secondary N) is 1. The van der Waals surface area contributed by atoms with Gasteiger partial charge in [0.05, 0.1) is 27.0 Å². The van der Waals surface area contributed by atoms with Gasteiger partial charge in [0, 0.05) is 5.56 Å². The Morgan fingerprint density at radius 3 is 2.36 bits per heavy atom. The van der Waals surface area contributed by atoms with Gasteiger partial charge in [-0.25, -0.2) is 0 Å². The molecule has 1 heterocycles. The zero-order valence-electron chi connectivity index (χ0n) is 16.1. The molecule has 0 fully saturated rings. The van der Waals surface area contributed by atoms with Crippen molar-refractivity contribution in [2.24, 2.45) is 0 Å². The van der Waals surface area contributed by atoms with E-state index in [1.165, 1.54) is 27.4 Å². The van der Waals surface area contributed by atoms with Crippen LogP contribution < -0.4 is 24.3 Å². The minimum atomic E-state index is -0.604. The molecule has 1 N–H and O–H groups in total. The van der Waals surface area contributed by atoms with Gasteiger partial charge in [0.25, 0.3) is 5.91 Å². The van der Waals surface area contributed by atoms with Crippen molar-refractivity contribution in [3.8, 4) is 23.0 Å². The van der Waals surface area contributed by atoms with Crippen LogP contribution in [0.25, 0.3) is 6.08 Å². The van der Waals surface area contributed by atoms with E-state index in [4.69, 9.17) is 18.9 Å². The van der Waals surface area contributed by atoms with Crippen LogP contribution in [-0.4, -0.2) is 39.1 Å². The second-order valence-electron chi connectivity index (χ2n) is 6.12. The number of benzene rings is 2. The average Bonchev–Trinajstić information content (AvgIpc) is 2.71. The lowest BCUT2D eigenvalue weighted by molar-refractivity contribution is -0.122. The molecule has 1 aliphatic rings. The maximum absolute atomic E-state index is 12.6. The van der Waals surface area contributed by atoms with E-state index in [-0.39, 0.29) is 11.7 Å². The van der Waals surface area contributed by atoms with Gasteiger partial charge in [0.2, 0.25) is 5.75 Å². The minimum Gasteiger partial charge on any atom is -0.493 e. The molecule has 0 aliphatic carbocycles. The van der Waals surface area contributed by atoms with Crippen molar-refractivity contribution in [1.29, 1.82) is 0 Å². The molecule has 7 nitrogen and oxygen atoms in total. The summed E-state index contributed by atoms with van der Waals surface area (Å²) < 4.78 is 21.5. The molecular weight excluding hydrogens is 362 g/mol. The molecule has 0 radical (unpaired) electrons. The van der Waals surface area contributed by atoms with E-state index in [0.717, 1.165) is 5.56 Å². The number of fused-ring (bicyclic) bond motifs is 1. The summed E-state index contributed by atoms with van der Waals surface area (Å²) in [5, 5.41) is 2.74. The summed E-state index contributed by atoms with van der Waals surface area (Å²) in [5.74, 6) is 1.54. The molecular formula is C21H21NO6. The number of carbonyl (C=O) groups excluding carboxylic acids is 2. The number of amides is 1. The van der Waals surface area contributed by atoms with Gasteiger partial charge in [-0.3, -0.25) is 9.59 Å². The largest absolute Gasteiger partial charge is 0.493 e. The van der Waals surface area contributed by atoms with E-state index in [2.05, 4.69) is 5.32 Å².